The van der Waals surface area contributed by atoms with E-state index in [4.69, 9.17) is 18.0 Å². The highest BCUT2D eigenvalue weighted by Gasteiger charge is 2.35. The molecule has 0 saturated heterocycles. The Labute approximate surface area is 104 Å². The SMILES string of the molecule is CCC(C)C(C)NC(=O)C(C)(CC)C(N)=S. The number of hydrogen-bond donors (Lipinski definition) is 2. The Kier molecular flexibility index (Phi) is 5.94. The zero-order chi connectivity index (χ0) is 12.9. The molecule has 3 atom stereocenters. The van der Waals surface area contributed by atoms with Gasteiger partial charge in [0.15, 0.2) is 0 Å². The van der Waals surface area contributed by atoms with E-state index in [1.165, 1.54) is 0 Å². The molecule has 16 heavy (non-hydrogen) atoms. The van der Waals surface area contributed by atoms with Gasteiger partial charge in [-0.3, -0.25) is 4.79 Å². The minimum atomic E-state index is -0.725. The van der Waals surface area contributed by atoms with Gasteiger partial charge in [-0.2, -0.15) is 0 Å². The highest BCUT2D eigenvalue weighted by atomic mass is 32.1. The summed E-state index contributed by atoms with van der Waals surface area (Å²) < 4.78 is 0. The molecular weight excluding hydrogens is 220 g/mol. The van der Waals surface area contributed by atoms with Gasteiger partial charge < -0.3 is 11.1 Å². The van der Waals surface area contributed by atoms with Crippen LogP contribution in [0.2, 0.25) is 0 Å². The lowest BCUT2D eigenvalue weighted by molar-refractivity contribution is -0.127. The lowest BCUT2D eigenvalue weighted by Gasteiger charge is -2.29. The minimum Gasteiger partial charge on any atom is -0.392 e. The number of amides is 1. The van der Waals surface area contributed by atoms with E-state index in [1.807, 2.05) is 13.8 Å². The minimum absolute atomic E-state index is 0.0599. The van der Waals surface area contributed by atoms with Gasteiger partial charge in [0, 0.05) is 6.04 Å². The first-order valence-electron chi connectivity index (χ1n) is 5.90. The van der Waals surface area contributed by atoms with Gasteiger partial charge in [0.25, 0.3) is 0 Å². The van der Waals surface area contributed by atoms with E-state index in [-0.39, 0.29) is 16.9 Å². The molecule has 0 bridgehead atoms. The van der Waals surface area contributed by atoms with E-state index in [9.17, 15) is 4.79 Å². The fourth-order valence-corrected chi connectivity index (χ4v) is 1.55. The van der Waals surface area contributed by atoms with Crippen LogP contribution >= 0.6 is 12.2 Å². The molecule has 0 aliphatic carbocycles. The predicted octanol–water partition coefficient (Wildman–Crippen LogP) is 2.24. The maximum atomic E-state index is 12.1. The summed E-state index contributed by atoms with van der Waals surface area (Å²) in [5.74, 6) is 0.395. The van der Waals surface area contributed by atoms with Crippen molar-refractivity contribution >= 4 is 23.1 Å². The molecule has 4 heteroatoms. The van der Waals surface area contributed by atoms with Crippen LogP contribution in [-0.4, -0.2) is 16.9 Å². The summed E-state index contributed by atoms with van der Waals surface area (Å²) in [6, 6.07) is 0.151. The molecule has 0 saturated carbocycles. The highest BCUT2D eigenvalue weighted by Crippen LogP contribution is 2.22. The number of thiocarbonyl (C=S) groups is 1. The molecule has 0 aromatic carbocycles. The molecule has 0 radical (unpaired) electrons. The molecule has 1 amide bonds. The van der Waals surface area contributed by atoms with Crippen LogP contribution in [0.1, 0.15) is 47.5 Å². The van der Waals surface area contributed by atoms with E-state index in [2.05, 4.69) is 19.2 Å². The molecule has 94 valence electrons. The van der Waals surface area contributed by atoms with E-state index in [0.717, 1.165) is 6.42 Å². The van der Waals surface area contributed by atoms with Gasteiger partial charge in [-0.1, -0.05) is 39.4 Å². The molecule has 0 spiro atoms. The standard InChI is InChI=1S/C12H24N2OS/c1-6-8(3)9(4)14-11(15)12(5,7-2)10(13)16/h8-9H,6-7H2,1-5H3,(H2,13,16)(H,14,15). The third kappa shape index (κ3) is 3.44. The third-order valence-corrected chi connectivity index (χ3v) is 4.06. The molecule has 0 aromatic rings. The van der Waals surface area contributed by atoms with Gasteiger partial charge in [-0.25, -0.2) is 0 Å². The maximum absolute atomic E-state index is 12.1. The van der Waals surface area contributed by atoms with E-state index in [1.54, 1.807) is 6.92 Å². The molecule has 0 aliphatic heterocycles. The van der Waals surface area contributed by atoms with Crippen molar-refractivity contribution < 1.29 is 4.79 Å². The van der Waals surface area contributed by atoms with E-state index < -0.39 is 5.41 Å². The average Bonchev–Trinajstić information content (AvgIpc) is 2.25. The van der Waals surface area contributed by atoms with Crippen molar-refractivity contribution in [3.05, 3.63) is 0 Å². The highest BCUT2D eigenvalue weighted by molar-refractivity contribution is 7.80. The van der Waals surface area contributed by atoms with Gasteiger partial charge in [-0.15, -0.1) is 0 Å². The summed E-state index contributed by atoms with van der Waals surface area (Å²) in [5, 5.41) is 3.00. The van der Waals surface area contributed by atoms with Gasteiger partial charge >= 0.3 is 0 Å². The normalized spacial score (nSPS) is 18.3. The van der Waals surface area contributed by atoms with Gasteiger partial charge in [0.2, 0.25) is 5.91 Å². The van der Waals surface area contributed by atoms with Crippen LogP contribution < -0.4 is 11.1 Å². The number of carbonyl (C=O) groups excluding carboxylic acids is 1. The summed E-state index contributed by atoms with van der Waals surface area (Å²) in [7, 11) is 0. The van der Waals surface area contributed by atoms with Crippen LogP contribution in [-0.2, 0) is 4.79 Å². The van der Waals surface area contributed by atoms with E-state index >= 15 is 0 Å². The molecule has 0 heterocycles. The smallest absolute Gasteiger partial charge is 0.232 e. The summed E-state index contributed by atoms with van der Waals surface area (Å²) in [6.45, 7) is 9.97. The Morgan fingerprint density at radius 1 is 1.44 bits per heavy atom. The topological polar surface area (TPSA) is 55.1 Å². The molecule has 3 N–H and O–H groups in total. The summed E-state index contributed by atoms with van der Waals surface area (Å²) in [5.41, 5.74) is 4.91. The van der Waals surface area contributed by atoms with Crippen molar-refractivity contribution in [2.75, 3.05) is 0 Å². The average molecular weight is 244 g/mol. The number of carbonyl (C=O) groups is 1. The Morgan fingerprint density at radius 3 is 2.25 bits per heavy atom. The Balaban J connectivity index is 4.62. The fraction of sp³-hybridized carbons (Fsp3) is 0.833. The second-order valence-corrected chi connectivity index (χ2v) is 5.14. The summed E-state index contributed by atoms with van der Waals surface area (Å²) >= 11 is 4.97. The van der Waals surface area contributed by atoms with Crippen LogP contribution in [0.25, 0.3) is 0 Å². The van der Waals surface area contributed by atoms with Gasteiger partial charge in [0.1, 0.15) is 0 Å². The van der Waals surface area contributed by atoms with Crippen LogP contribution in [0.5, 0.6) is 0 Å². The Morgan fingerprint density at radius 2 is 1.94 bits per heavy atom. The first-order chi connectivity index (χ1) is 7.29. The first-order valence-corrected chi connectivity index (χ1v) is 6.31. The number of rotatable bonds is 6. The van der Waals surface area contributed by atoms with Crippen LogP contribution in [0.3, 0.4) is 0 Å². The third-order valence-electron chi connectivity index (χ3n) is 3.61. The van der Waals surface area contributed by atoms with Crippen molar-refractivity contribution in [1.82, 2.24) is 5.32 Å². The number of hydrogen-bond acceptors (Lipinski definition) is 2. The fourth-order valence-electron chi connectivity index (χ4n) is 1.31. The van der Waals surface area contributed by atoms with Crippen molar-refractivity contribution in [2.24, 2.45) is 17.1 Å². The number of nitrogens with two attached hydrogens (primary N) is 1. The molecule has 0 aromatic heterocycles. The summed E-state index contributed by atoms with van der Waals surface area (Å²) in [4.78, 5) is 12.4. The maximum Gasteiger partial charge on any atom is 0.232 e. The van der Waals surface area contributed by atoms with Crippen molar-refractivity contribution in [1.29, 1.82) is 0 Å². The molecule has 0 rings (SSSR count). The Bertz CT molecular complexity index is 268. The van der Waals surface area contributed by atoms with Gasteiger partial charge in [-0.05, 0) is 26.2 Å². The van der Waals surface area contributed by atoms with Gasteiger partial charge in [0.05, 0.1) is 10.4 Å². The lowest BCUT2D eigenvalue weighted by Crippen LogP contribution is -2.50. The molecule has 0 fully saturated rings. The largest absolute Gasteiger partial charge is 0.392 e. The van der Waals surface area contributed by atoms with Crippen molar-refractivity contribution in [3.63, 3.8) is 0 Å². The molecule has 3 unspecified atom stereocenters. The van der Waals surface area contributed by atoms with Crippen LogP contribution in [0.4, 0.5) is 0 Å². The van der Waals surface area contributed by atoms with Crippen LogP contribution in [0, 0.1) is 11.3 Å². The summed E-state index contributed by atoms with van der Waals surface area (Å²) in [6.07, 6.45) is 1.67. The molecule has 0 aliphatic rings. The second kappa shape index (κ2) is 6.18. The van der Waals surface area contributed by atoms with E-state index in [0.29, 0.717) is 12.3 Å². The lowest BCUT2D eigenvalue weighted by atomic mass is 9.85. The quantitative estimate of drug-likeness (QED) is 0.705. The predicted molar refractivity (Wildman–Crippen MR) is 72.2 cm³/mol. The van der Waals surface area contributed by atoms with Crippen molar-refractivity contribution in [2.45, 2.75) is 53.5 Å². The molecular formula is C12H24N2OS. The number of nitrogens with one attached hydrogen (secondary N) is 1. The first kappa shape index (κ1) is 15.4. The monoisotopic (exact) mass is 244 g/mol. The molecule has 3 nitrogen and oxygen atoms in total. The van der Waals surface area contributed by atoms with Crippen molar-refractivity contribution in [3.8, 4) is 0 Å². The Hall–Kier alpha value is -0.640. The van der Waals surface area contributed by atoms with Crippen LogP contribution in [0.15, 0.2) is 0 Å². The zero-order valence-electron chi connectivity index (χ0n) is 11.0. The second-order valence-electron chi connectivity index (χ2n) is 4.70. The zero-order valence-corrected chi connectivity index (χ0v) is 11.8.